The summed E-state index contributed by atoms with van der Waals surface area (Å²) in [6.07, 6.45) is 2.97. The standard InChI is InChI=1S/C12H8Cl3N3O/c13-7-1-2-17-5-10(7)18-12(19)6-3-8(14)11(16)9(15)4-6/h1-5H,16H2,(H,18,19). The summed E-state index contributed by atoms with van der Waals surface area (Å²) in [5, 5.41) is 3.43. The van der Waals surface area contributed by atoms with Crippen LogP contribution in [0.3, 0.4) is 0 Å². The van der Waals surface area contributed by atoms with Crippen molar-refractivity contribution in [3.8, 4) is 0 Å². The summed E-state index contributed by atoms with van der Waals surface area (Å²) in [5.74, 6) is -0.404. The smallest absolute Gasteiger partial charge is 0.255 e. The van der Waals surface area contributed by atoms with Gasteiger partial charge in [-0.25, -0.2) is 0 Å². The molecule has 0 fully saturated rings. The number of pyridine rings is 1. The predicted molar refractivity (Wildman–Crippen MR) is 78.1 cm³/mol. The third kappa shape index (κ3) is 3.10. The second-order valence-corrected chi connectivity index (χ2v) is 4.88. The van der Waals surface area contributed by atoms with E-state index >= 15 is 0 Å². The molecule has 1 aromatic carbocycles. The zero-order chi connectivity index (χ0) is 14.0. The number of nitrogen functional groups attached to an aromatic ring is 1. The summed E-state index contributed by atoms with van der Waals surface area (Å²) >= 11 is 17.7. The Morgan fingerprint density at radius 1 is 1.16 bits per heavy atom. The van der Waals surface area contributed by atoms with E-state index < -0.39 is 5.91 Å². The predicted octanol–water partition coefficient (Wildman–Crippen LogP) is 3.88. The minimum atomic E-state index is -0.404. The second-order valence-electron chi connectivity index (χ2n) is 3.66. The number of carbonyl (C=O) groups excluding carboxylic acids is 1. The fraction of sp³-hybridized carbons (Fsp3) is 0. The van der Waals surface area contributed by atoms with Gasteiger partial charge in [0.15, 0.2) is 0 Å². The van der Waals surface area contributed by atoms with Crippen molar-refractivity contribution in [3.05, 3.63) is 51.2 Å². The highest BCUT2D eigenvalue weighted by molar-refractivity contribution is 6.39. The Morgan fingerprint density at radius 2 is 1.79 bits per heavy atom. The van der Waals surface area contributed by atoms with E-state index in [1.165, 1.54) is 24.5 Å². The Hall–Kier alpha value is -1.49. The first-order valence-corrected chi connectivity index (χ1v) is 6.28. The lowest BCUT2D eigenvalue weighted by Gasteiger charge is -2.08. The Morgan fingerprint density at radius 3 is 2.37 bits per heavy atom. The first kappa shape index (κ1) is 13.9. The molecule has 4 nitrogen and oxygen atoms in total. The zero-order valence-corrected chi connectivity index (χ0v) is 11.7. The zero-order valence-electron chi connectivity index (χ0n) is 9.45. The molecule has 0 aliphatic carbocycles. The summed E-state index contributed by atoms with van der Waals surface area (Å²) in [6, 6.07) is 4.44. The number of hydrogen-bond donors (Lipinski definition) is 2. The SMILES string of the molecule is Nc1c(Cl)cc(C(=O)Nc2cnccc2Cl)cc1Cl. The second kappa shape index (κ2) is 5.65. The number of halogens is 3. The maximum absolute atomic E-state index is 12.0. The molecule has 0 bridgehead atoms. The van der Waals surface area contributed by atoms with Crippen LogP contribution in [0, 0.1) is 0 Å². The van der Waals surface area contributed by atoms with Crippen LogP contribution >= 0.6 is 34.8 Å². The fourth-order valence-electron chi connectivity index (χ4n) is 1.38. The number of hydrogen-bond acceptors (Lipinski definition) is 3. The highest BCUT2D eigenvalue weighted by Crippen LogP contribution is 2.29. The number of aromatic nitrogens is 1. The van der Waals surface area contributed by atoms with Crippen LogP contribution < -0.4 is 11.1 Å². The lowest BCUT2D eigenvalue weighted by atomic mass is 10.2. The molecule has 0 aliphatic heterocycles. The Labute approximate surface area is 124 Å². The molecule has 0 spiro atoms. The van der Waals surface area contributed by atoms with Gasteiger partial charge in [-0.15, -0.1) is 0 Å². The Kier molecular flexibility index (Phi) is 4.14. The van der Waals surface area contributed by atoms with Crippen molar-refractivity contribution in [2.24, 2.45) is 0 Å². The quantitative estimate of drug-likeness (QED) is 0.826. The number of nitrogens with zero attached hydrogens (tertiary/aromatic N) is 1. The largest absolute Gasteiger partial charge is 0.396 e. The molecule has 0 saturated carbocycles. The Balaban J connectivity index is 2.28. The van der Waals surface area contributed by atoms with Crippen molar-refractivity contribution < 1.29 is 4.79 Å². The normalized spacial score (nSPS) is 10.3. The van der Waals surface area contributed by atoms with Gasteiger partial charge < -0.3 is 11.1 Å². The molecule has 0 radical (unpaired) electrons. The highest BCUT2D eigenvalue weighted by atomic mass is 35.5. The lowest BCUT2D eigenvalue weighted by molar-refractivity contribution is 0.102. The molecule has 98 valence electrons. The van der Waals surface area contributed by atoms with Gasteiger partial charge in [0.25, 0.3) is 5.91 Å². The van der Waals surface area contributed by atoms with Crippen molar-refractivity contribution in [2.75, 3.05) is 11.1 Å². The van der Waals surface area contributed by atoms with Crippen LogP contribution in [-0.4, -0.2) is 10.9 Å². The summed E-state index contributed by atoms with van der Waals surface area (Å²) in [6.45, 7) is 0. The third-order valence-corrected chi connectivity index (χ3v) is 3.31. The van der Waals surface area contributed by atoms with E-state index in [2.05, 4.69) is 10.3 Å². The van der Waals surface area contributed by atoms with Crippen LogP contribution in [0.4, 0.5) is 11.4 Å². The van der Waals surface area contributed by atoms with Gasteiger partial charge in [-0.3, -0.25) is 9.78 Å². The average Bonchev–Trinajstić information content (AvgIpc) is 2.38. The topological polar surface area (TPSA) is 68.0 Å². The van der Waals surface area contributed by atoms with E-state index in [9.17, 15) is 4.79 Å². The van der Waals surface area contributed by atoms with Gasteiger partial charge in [0, 0.05) is 11.8 Å². The van der Waals surface area contributed by atoms with Gasteiger partial charge in [0.1, 0.15) is 0 Å². The van der Waals surface area contributed by atoms with Gasteiger partial charge in [0.05, 0.1) is 32.6 Å². The highest BCUT2D eigenvalue weighted by Gasteiger charge is 2.12. The van der Waals surface area contributed by atoms with Gasteiger partial charge >= 0.3 is 0 Å². The van der Waals surface area contributed by atoms with Crippen molar-refractivity contribution >= 4 is 52.1 Å². The number of nitrogens with one attached hydrogen (secondary N) is 1. The summed E-state index contributed by atoms with van der Waals surface area (Å²) in [7, 11) is 0. The van der Waals surface area contributed by atoms with Gasteiger partial charge in [-0.1, -0.05) is 34.8 Å². The molecule has 2 aromatic rings. The molecule has 1 aromatic heterocycles. The molecule has 2 rings (SSSR count). The molecular formula is C12H8Cl3N3O. The third-order valence-electron chi connectivity index (χ3n) is 2.36. The number of anilines is 2. The molecule has 0 atom stereocenters. The van der Waals surface area contributed by atoms with Gasteiger partial charge in [0.2, 0.25) is 0 Å². The summed E-state index contributed by atoms with van der Waals surface area (Å²) in [5.41, 5.74) is 6.52. The molecular weight excluding hydrogens is 309 g/mol. The minimum absolute atomic E-state index is 0.218. The van der Waals surface area contributed by atoms with E-state index in [0.717, 1.165) is 0 Å². The molecule has 1 amide bonds. The van der Waals surface area contributed by atoms with Crippen molar-refractivity contribution in [1.29, 1.82) is 0 Å². The van der Waals surface area contributed by atoms with Gasteiger partial charge in [-0.2, -0.15) is 0 Å². The maximum atomic E-state index is 12.0. The van der Waals surface area contributed by atoms with Crippen molar-refractivity contribution in [2.45, 2.75) is 0 Å². The summed E-state index contributed by atoms with van der Waals surface area (Å²) < 4.78 is 0. The first-order chi connectivity index (χ1) is 8.99. The number of amides is 1. The maximum Gasteiger partial charge on any atom is 0.255 e. The minimum Gasteiger partial charge on any atom is -0.396 e. The molecule has 1 heterocycles. The van der Waals surface area contributed by atoms with Crippen LogP contribution in [0.1, 0.15) is 10.4 Å². The molecule has 0 saturated heterocycles. The molecule has 0 aliphatic rings. The summed E-state index contributed by atoms with van der Waals surface area (Å²) in [4.78, 5) is 15.9. The monoisotopic (exact) mass is 315 g/mol. The van der Waals surface area contributed by atoms with E-state index in [1.54, 1.807) is 6.07 Å². The van der Waals surface area contributed by atoms with Crippen LogP contribution in [0.25, 0.3) is 0 Å². The number of rotatable bonds is 2. The fourth-order valence-corrected chi connectivity index (χ4v) is 2.02. The van der Waals surface area contributed by atoms with Crippen LogP contribution in [0.15, 0.2) is 30.6 Å². The van der Waals surface area contributed by atoms with Crippen LogP contribution in [0.2, 0.25) is 15.1 Å². The van der Waals surface area contributed by atoms with Crippen molar-refractivity contribution in [1.82, 2.24) is 4.98 Å². The van der Waals surface area contributed by atoms with E-state index in [1.807, 2.05) is 0 Å². The van der Waals surface area contributed by atoms with Crippen molar-refractivity contribution in [3.63, 3.8) is 0 Å². The van der Waals surface area contributed by atoms with Gasteiger partial charge in [-0.05, 0) is 18.2 Å². The van der Waals surface area contributed by atoms with E-state index in [0.29, 0.717) is 10.7 Å². The lowest BCUT2D eigenvalue weighted by Crippen LogP contribution is -2.12. The number of carbonyl (C=O) groups is 1. The molecule has 3 N–H and O–H groups in total. The average molecular weight is 317 g/mol. The molecule has 7 heteroatoms. The molecule has 19 heavy (non-hydrogen) atoms. The van der Waals surface area contributed by atoms with Crippen LogP contribution in [-0.2, 0) is 0 Å². The van der Waals surface area contributed by atoms with Crippen LogP contribution in [0.5, 0.6) is 0 Å². The molecule has 0 unspecified atom stereocenters. The van der Waals surface area contributed by atoms with E-state index in [-0.39, 0.29) is 21.3 Å². The number of benzene rings is 1. The van der Waals surface area contributed by atoms with E-state index in [4.69, 9.17) is 40.5 Å². The Bertz CT molecular complexity index is 623. The number of nitrogens with two attached hydrogens (primary N) is 1. The first-order valence-electron chi connectivity index (χ1n) is 5.14.